The lowest BCUT2D eigenvalue weighted by molar-refractivity contribution is 0.0607. The van der Waals surface area contributed by atoms with Crippen LogP contribution in [0, 0.1) is 6.92 Å². The number of Topliss-reactive ketones (excluding diaryl/α,β-unsaturated/α-hetero) is 1. The quantitative estimate of drug-likeness (QED) is 0.674. The van der Waals surface area contributed by atoms with Gasteiger partial charge in [-0.2, -0.15) is 0 Å². The molecule has 0 fully saturated rings. The summed E-state index contributed by atoms with van der Waals surface area (Å²) in [6, 6.07) is 12.9. The van der Waals surface area contributed by atoms with Gasteiger partial charge < -0.3 is 10.4 Å². The van der Waals surface area contributed by atoms with Gasteiger partial charge in [-0.05, 0) is 31.2 Å². The molecule has 4 nitrogen and oxygen atoms in total. The highest BCUT2D eigenvalue weighted by Gasteiger charge is 2.19. The highest BCUT2D eigenvalue weighted by molar-refractivity contribution is 6.30. The Labute approximate surface area is 127 Å². The lowest BCUT2D eigenvalue weighted by Crippen LogP contribution is -2.40. The third-order valence-electron chi connectivity index (χ3n) is 2.96. The molecule has 2 rings (SSSR count). The van der Waals surface area contributed by atoms with E-state index in [2.05, 4.69) is 5.32 Å². The number of halogens is 1. The van der Waals surface area contributed by atoms with Gasteiger partial charge in [0.2, 0.25) is 5.78 Å². The van der Waals surface area contributed by atoms with Crippen molar-refractivity contribution < 1.29 is 14.7 Å². The van der Waals surface area contributed by atoms with E-state index in [0.29, 0.717) is 16.1 Å². The molecule has 0 aliphatic carbocycles. The second-order valence-electron chi connectivity index (χ2n) is 4.61. The Morgan fingerprint density at radius 2 is 1.52 bits per heavy atom. The van der Waals surface area contributed by atoms with Crippen molar-refractivity contribution in [3.8, 4) is 0 Å². The van der Waals surface area contributed by atoms with Gasteiger partial charge in [0.05, 0.1) is 0 Å². The summed E-state index contributed by atoms with van der Waals surface area (Å²) in [7, 11) is 0. The molecule has 2 N–H and O–H groups in total. The lowest BCUT2D eigenvalue weighted by atomic mass is 10.1. The minimum atomic E-state index is -1.59. The van der Waals surface area contributed by atoms with E-state index in [1.165, 1.54) is 12.1 Å². The number of aryl methyl sites for hydroxylation is 1. The van der Waals surface area contributed by atoms with Gasteiger partial charge in [-0.3, -0.25) is 9.59 Å². The zero-order valence-corrected chi connectivity index (χ0v) is 12.1. The van der Waals surface area contributed by atoms with Crippen LogP contribution in [0.15, 0.2) is 48.5 Å². The van der Waals surface area contributed by atoms with Crippen molar-refractivity contribution in [3.63, 3.8) is 0 Å². The van der Waals surface area contributed by atoms with E-state index < -0.39 is 17.9 Å². The third-order valence-corrected chi connectivity index (χ3v) is 3.21. The Morgan fingerprint density at radius 3 is 2.10 bits per heavy atom. The molecule has 21 heavy (non-hydrogen) atoms. The van der Waals surface area contributed by atoms with Crippen LogP contribution in [-0.4, -0.2) is 23.0 Å². The molecule has 2 aromatic rings. The summed E-state index contributed by atoms with van der Waals surface area (Å²) in [5, 5.41) is 12.6. The van der Waals surface area contributed by atoms with Gasteiger partial charge in [0, 0.05) is 16.1 Å². The fraction of sp³-hybridized carbons (Fsp3) is 0.125. The molecular formula is C16H14ClNO3. The molecule has 108 valence electrons. The lowest BCUT2D eigenvalue weighted by Gasteiger charge is -2.12. The van der Waals surface area contributed by atoms with E-state index in [-0.39, 0.29) is 0 Å². The molecule has 0 unspecified atom stereocenters. The summed E-state index contributed by atoms with van der Waals surface area (Å²) in [5.74, 6) is -1.10. The Kier molecular flexibility index (Phi) is 4.73. The largest absolute Gasteiger partial charge is 0.367 e. The number of amides is 1. The number of carbonyl (C=O) groups is 2. The summed E-state index contributed by atoms with van der Waals surface area (Å²) in [4.78, 5) is 23.9. The van der Waals surface area contributed by atoms with Gasteiger partial charge >= 0.3 is 0 Å². The summed E-state index contributed by atoms with van der Waals surface area (Å²) >= 11 is 5.73. The predicted octanol–water partition coefficient (Wildman–Crippen LogP) is 2.58. The smallest absolute Gasteiger partial charge is 0.253 e. The maximum atomic E-state index is 12.0. The molecule has 0 saturated carbocycles. The second-order valence-corrected chi connectivity index (χ2v) is 5.05. The average molecular weight is 304 g/mol. The molecule has 5 heteroatoms. The van der Waals surface area contributed by atoms with Crippen molar-refractivity contribution >= 4 is 23.3 Å². The third kappa shape index (κ3) is 3.90. The van der Waals surface area contributed by atoms with E-state index in [9.17, 15) is 14.7 Å². The van der Waals surface area contributed by atoms with Crippen LogP contribution in [0.1, 0.15) is 26.3 Å². The fourth-order valence-corrected chi connectivity index (χ4v) is 1.88. The molecular weight excluding hydrogens is 290 g/mol. The predicted molar refractivity (Wildman–Crippen MR) is 80.4 cm³/mol. The van der Waals surface area contributed by atoms with Crippen molar-refractivity contribution in [1.82, 2.24) is 5.32 Å². The molecule has 0 aliphatic rings. The van der Waals surface area contributed by atoms with E-state index in [0.717, 1.165) is 5.56 Å². The number of carbonyl (C=O) groups excluding carboxylic acids is 2. The molecule has 1 atom stereocenters. The maximum absolute atomic E-state index is 12.0. The molecule has 0 aliphatic heterocycles. The first-order chi connectivity index (χ1) is 9.97. The SMILES string of the molecule is Cc1ccc(C(=O)[C@@H](O)NC(=O)c2ccc(Cl)cc2)cc1. The molecule has 0 radical (unpaired) electrons. The minimum absolute atomic E-state index is 0.315. The topological polar surface area (TPSA) is 66.4 Å². The highest BCUT2D eigenvalue weighted by Crippen LogP contribution is 2.10. The number of rotatable bonds is 4. The molecule has 0 aromatic heterocycles. The number of aliphatic hydroxyl groups is 1. The van der Waals surface area contributed by atoms with Gasteiger partial charge in [-0.15, -0.1) is 0 Å². The number of benzene rings is 2. The normalized spacial score (nSPS) is 11.8. The number of ketones is 1. The van der Waals surface area contributed by atoms with E-state index in [4.69, 9.17) is 11.6 Å². The molecule has 1 amide bonds. The van der Waals surface area contributed by atoms with Gasteiger partial charge in [0.25, 0.3) is 5.91 Å². The second kappa shape index (κ2) is 6.52. The van der Waals surface area contributed by atoms with E-state index in [1.807, 2.05) is 6.92 Å². The van der Waals surface area contributed by atoms with Gasteiger partial charge in [-0.1, -0.05) is 41.4 Å². The van der Waals surface area contributed by atoms with Crippen LogP contribution in [-0.2, 0) is 0 Å². The van der Waals surface area contributed by atoms with Crippen LogP contribution in [0.5, 0.6) is 0 Å². The molecule has 0 spiro atoms. The first kappa shape index (κ1) is 15.2. The Hall–Kier alpha value is -2.17. The van der Waals surface area contributed by atoms with Crippen molar-refractivity contribution in [2.24, 2.45) is 0 Å². The maximum Gasteiger partial charge on any atom is 0.253 e. The summed E-state index contributed by atoms with van der Waals surface area (Å²) in [6.45, 7) is 1.90. The van der Waals surface area contributed by atoms with Gasteiger partial charge in [-0.25, -0.2) is 0 Å². The van der Waals surface area contributed by atoms with Gasteiger partial charge in [0.1, 0.15) is 0 Å². The fourth-order valence-electron chi connectivity index (χ4n) is 1.75. The number of aliphatic hydroxyl groups excluding tert-OH is 1. The summed E-state index contributed by atoms with van der Waals surface area (Å²) in [6.07, 6.45) is -1.59. The first-order valence-electron chi connectivity index (χ1n) is 6.33. The Balaban J connectivity index is 2.05. The standard InChI is InChI=1S/C16H14ClNO3/c1-10-2-4-11(5-3-10)14(19)16(21)18-15(20)12-6-8-13(17)9-7-12/h2-9,16,21H,1H3,(H,18,20)/t16-/m1/s1. The van der Waals surface area contributed by atoms with Crippen LogP contribution < -0.4 is 5.32 Å². The van der Waals surface area contributed by atoms with Gasteiger partial charge in [0.15, 0.2) is 6.23 Å². The summed E-state index contributed by atoms with van der Waals surface area (Å²) < 4.78 is 0. The van der Waals surface area contributed by atoms with Crippen LogP contribution in [0.2, 0.25) is 5.02 Å². The molecule has 0 saturated heterocycles. The summed E-state index contributed by atoms with van der Waals surface area (Å²) in [5.41, 5.74) is 1.66. The number of nitrogens with one attached hydrogen (secondary N) is 1. The molecule has 0 bridgehead atoms. The average Bonchev–Trinajstić information content (AvgIpc) is 2.47. The number of hydrogen-bond acceptors (Lipinski definition) is 3. The minimum Gasteiger partial charge on any atom is -0.367 e. The molecule has 2 aromatic carbocycles. The van der Waals surface area contributed by atoms with Crippen molar-refractivity contribution in [3.05, 3.63) is 70.2 Å². The van der Waals surface area contributed by atoms with Crippen LogP contribution >= 0.6 is 11.6 Å². The zero-order chi connectivity index (χ0) is 15.4. The van der Waals surface area contributed by atoms with Crippen LogP contribution in [0.25, 0.3) is 0 Å². The van der Waals surface area contributed by atoms with E-state index >= 15 is 0 Å². The Morgan fingerprint density at radius 1 is 1.00 bits per heavy atom. The van der Waals surface area contributed by atoms with E-state index in [1.54, 1.807) is 36.4 Å². The van der Waals surface area contributed by atoms with Crippen LogP contribution in [0.3, 0.4) is 0 Å². The van der Waals surface area contributed by atoms with Crippen molar-refractivity contribution in [2.45, 2.75) is 13.2 Å². The highest BCUT2D eigenvalue weighted by atomic mass is 35.5. The molecule has 0 heterocycles. The zero-order valence-electron chi connectivity index (χ0n) is 11.3. The van der Waals surface area contributed by atoms with Crippen molar-refractivity contribution in [2.75, 3.05) is 0 Å². The van der Waals surface area contributed by atoms with Crippen LogP contribution in [0.4, 0.5) is 0 Å². The first-order valence-corrected chi connectivity index (χ1v) is 6.70. The van der Waals surface area contributed by atoms with Crippen molar-refractivity contribution in [1.29, 1.82) is 0 Å². The number of hydrogen-bond donors (Lipinski definition) is 2. The monoisotopic (exact) mass is 303 g/mol. The Bertz CT molecular complexity index is 650.